The third-order valence-corrected chi connectivity index (χ3v) is 4.47. The maximum atomic E-state index is 5.76. The van der Waals surface area contributed by atoms with Gasteiger partial charge in [-0.2, -0.15) is 0 Å². The molecule has 0 saturated carbocycles. The van der Waals surface area contributed by atoms with Crippen LogP contribution in [0.2, 0.25) is 0 Å². The zero-order valence-electron chi connectivity index (χ0n) is 10.3. The molecule has 1 aliphatic heterocycles. The molecule has 18 heavy (non-hydrogen) atoms. The van der Waals surface area contributed by atoms with Gasteiger partial charge in [-0.25, -0.2) is 5.43 Å². The first-order valence-electron chi connectivity index (χ1n) is 6.06. The number of hydrazine groups is 1. The number of fused-ring (bicyclic) bond motifs is 1. The van der Waals surface area contributed by atoms with Gasteiger partial charge < -0.3 is 4.74 Å². The average Bonchev–Trinajstić information content (AvgIpc) is 3.00. The summed E-state index contributed by atoms with van der Waals surface area (Å²) in [5, 5.41) is 2.10. The molecule has 1 aliphatic rings. The van der Waals surface area contributed by atoms with Crippen LogP contribution in [0.1, 0.15) is 27.6 Å². The summed E-state index contributed by atoms with van der Waals surface area (Å²) in [5.74, 6) is 6.77. The predicted molar refractivity (Wildman–Crippen MR) is 73.9 cm³/mol. The second kappa shape index (κ2) is 4.72. The molecule has 0 amide bonds. The topological polar surface area (TPSA) is 47.3 Å². The normalized spacial score (nSPS) is 15.2. The maximum Gasteiger partial charge on any atom is 0.127 e. The van der Waals surface area contributed by atoms with Crippen LogP contribution in [0.4, 0.5) is 0 Å². The van der Waals surface area contributed by atoms with Gasteiger partial charge in [0.05, 0.1) is 12.6 Å². The van der Waals surface area contributed by atoms with E-state index in [1.807, 2.05) is 0 Å². The van der Waals surface area contributed by atoms with E-state index in [1.165, 1.54) is 16.0 Å². The van der Waals surface area contributed by atoms with Crippen LogP contribution < -0.4 is 16.0 Å². The Labute approximate surface area is 111 Å². The number of hydrogen-bond acceptors (Lipinski definition) is 4. The smallest absolute Gasteiger partial charge is 0.127 e. The van der Waals surface area contributed by atoms with Crippen LogP contribution in [0.15, 0.2) is 29.6 Å². The Balaban J connectivity index is 2.08. The van der Waals surface area contributed by atoms with Crippen molar-refractivity contribution in [3.05, 3.63) is 51.2 Å². The predicted octanol–water partition coefficient (Wildman–Crippen LogP) is 2.54. The van der Waals surface area contributed by atoms with Gasteiger partial charge in [0.15, 0.2) is 0 Å². The number of hydrogen-bond donors (Lipinski definition) is 2. The molecule has 4 heteroatoms. The summed E-state index contributed by atoms with van der Waals surface area (Å²) < 4.78 is 5.76. The first kappa shape index (κ1) is 11.7. The summed E-state index contributed by atoms with van der Waals surface area (Å²) in [6.45, 7) is 2.88. The van der Waals surface area contributed by atoms with Crippen LogP contribution >= 0.6 is 11.3 Å². The highest BCUT2D eigenvalue weighted by molar-refractivity contribution is 7.10. The first-order chi connectivity index (χ1) is 8.81. The second-order valence-corrected chi connectivity index (χ2v) is 5.45. The molecular formula is C14H16N2OS. The summed E-state index contributed by atoms with van der Waals surface area (Å²) >= 11 is 1.72. The monoisotopic (exact) mass is 260 g/mol. The molecule has 94 valence electrons. The second-order valence-electron chi connectivity index (χ2n) is 4.50. The Morgan fingerprint density at radius 1 is 1.39 bits per heavy atom. The zero-order valence-corrected chi connectivity index (χ0v) is 11.1. The maximum absolute atomic E-state index is 5.76. The van der Waals surface area contributed by atoms with Crippen LogP contribution in [0, 0.1) is 6.92 Å². The van der Waals surface area contributed by atoms with E-state index >= 15 is 0 Å². The van der Waals surface area contributed by atoms with Crippen molar-refractivity contribution in [1.29, 1.82) is 0 Å². The van der Waals surface area contributed by atoms with Crippen molar-refractivity contribution in [2.24, 2.45) is 5.84 Å². The Hall–Kier alpha value is -1.36. The molecule has 0 bridgehead atoms. The molecule has 3 rings (SSSR count). The number of para-hydroxylation sites is 1. The molecule has 0 saturated heterocycles. The van der Waals surface area contributed by atoms with Gasteiger partial charge in [0.1, 0.15) is 5.75 Å². The van der Waals surface area contributed by atoms with E-state index in [-0.39, 0.29) is 6.04 Å². The Bertz CT molecular complexity index is 565. The zero-order chi connectivity index (χ0) is 12.5. The molecule has 3 N–H and O–H groups in total. The minimum Gasteiger partial charge on any atom is -0.493 e. The fourth-order valence-corrected chi connectivity index (χ4v) is 3.46. The lowest BCUT2D eigenvalue weighted by atomic mass is 9.99. The molecule has 1 atom stereocenters. The number of rotatable bonds is 3. The molecule has 0 spiro atoms. The lowest BCUT2D eigenvalue weighted by Crippen LogP contribution is -2.29. The largest absolute Gasteiger partial charge is 0.493 e. The van der Waals surface area contributed by atoms with Crippen LogP contribution in [0.5, 0.6) is 5.75 Å². The van der Waals surface area contributed by atoms with Crippen LogP contribution in [0.25, 0.3) is 0 Å². The quantitative estimate of drug-likeness (QED) is 0.658. The van der Waals surface area contributed by atoms with Gasteiger partial charge in [-0.1, -0.05) is 18.2 Å². The van der Waals surface area contributed by atoms with Gasteiger partial charge in [0.2, 0.25) is 0 Å². The van der Waals surface area contributed by atoms with E-state index in [9.17, 15) is 0 Å². The van der Waals surface area contributed by atoms with E-state index in [0.717, 1.165) is 24.3 Å². The molecule has 1 aromatic heterocycles. The third kappa shape index (κ3) is 1.82. The molecule has 3 nitrogen and oxygen atoms in total. The molecule has 2 aromatic rings. The van der Waals surface area contributed by atoms with Gasteiger partial charge in [0, 0.05) is 16.9 Å². The standard InChI is InChI=1S/C14H16N2OS/c1-9-6-8-18-14(9)12(16-15)11-4-2-3-10-5-7-17-13(10)11/h2-4,6,8,12,16H,5,7,15H2,1H3. The van der Waals surface area contributed by atoms with Crippen LogP contribution in [-0.2, 0) is 6.42 Å². The van der Waals surface area contributed by atoms with Crippen LogP contribution in [-0.4, -0.2) is 6.61 Å². The fourth-order valence-electron chi connectivity index (χ4n) is 2.45. The van der Waals surface area contributed by atoms with E-state index in [2.05, 4.69) is 42.0 Å². The summed E-state index contributed by atoms with van der Waals surface area (Å²) in [6.07, 6.45) is 0.990. The highest BCUT2D eigenvalue weighted by atomic mass is 32.1. The first-order valence-corrected chi connectivity index (χ1v) is 6.94. The Morgan fingerprint density at radius 3 is 3.00 bits per heavy atom. The van der Waals surface area contributed by atoms with Gasteiger partial charge >= 0.3 is 0 Å². The Morgan fingerprint density at radius 2 is 2.28 bits per heavy atom. The van der Waals surface area contributed by atoms with E-state index < -0.39 is 0 Å². The van der Waals surface area contributed by atoms with Gasteiger partial charge in [-0.3, -0.25) is 5.84 Å². The van der Waals surface area contributed by atoms with Gasteiger partial charge in [0.25, 0.3) is 0 Å². The highest BCUT2D eigenvalue weighted by Crippen LogP contribution is 2.38. The molecule has 0 radical (unpaired) electrons. The molecule has 1 aromatic carbocycles. The molecule has 2 heterocycles. The van der Waals surface area contributed by atoms with Crippen molar-refractivity contribution in [3.63, 3.8) is 0 Å². The van der Waals surface area contributed by atoms with Crippen molar-refractivity contribution in [2.75, 3.05) is 6.61 Å². The fraction of sp³-hybridized carbons (Fsp3) is 0.286. The van der Waals surface area contributed by atoms with Gasteiger partial charge in [-0.05, 0) is 29.5 Å². The minimum absolute atomic E-state index is 0.0121. The number of nitrogens with one attached hydrogen (secondary N) is 1. The van der Waals surface area contributed by atoms with Crippen molar-refractivity contribution in [3.8, 4) is 5.75 Å². The highest BCUT2D eigenvalue weighted by Gasteiger charge is 2.24. The summed E-state index contributed by atoms with van der Waals surface area (Å²) in [6, 6.07) is 8.43. The number of aryl methyl sites for hydroxylation is 1. The lowest BCUT2D eigenvalue weighted by molar-refractivity contribution is 0.350. The van der Waals surface area contributed by atoms with E-state index in [1.54, 1.807) is 11.3 Å². The minimum atomic E-state index is 0.0121. The van der Waals surface area contributed by atoms with Crippen molar-refractivity contribution >= 4 is 11.3 Å². The van der Waals surface area contributed by atoms with E-state index in [4.69, 9.17) is 10.6 Å². The average molecular weight is 260 g/mol. The van der Waals surface area contributed by atoms with Gasteiger partial charge in [-0.15, -0.1) is 11.3 Å². The number of thiophene rings is 1. The van der Waals surface area contributed by atoms with Crippen molar-refractivity contribution in [2.45, 2.75) is 19.4 Å². The third-order valence-electron chi connectivity index (χ3n) is 3.39. The number of benzene rings is 1. The lowest BCUT2D eigenvalue weighted by Gasteiger charge is -2.18. The molecule has 1 unspecified atom stereocenters. The van der Waals surface area contributed by atoms with Crippen LogP contribution in [0.3, 0.4) is 0 Å². The summed E-state index contributed by atoms with van der Waals surface area (Å²) in [7, 11) is 0. The Kier molecular flexibility index (Phi) is 3.07. The SMILES string of the molecule is Cc1ccsc1C(NN)c1cccc2c1OCC2. The summed E-state index contributed by atoms with van der Waals surface area (Å²) in [5.41, 5.74) is 6.60. The molecular weight excluding hydrogens is 244 g/mol. The number of ether oxygens (including phenoxy) is 1. The molecule has 0 fully saturated rings. The van der Waals surface area contributed by atoms with Crippen molar-refractivity contribution in [1.82, 2.24) is 5.43 Å². The number of nitrogens with two attached hydrogens (primary N) is 1. The summed E-state index contributed by atoms with van der Waals surface area (Å²) in [4.78, 5) is 1.25. The van der Waals surface area contributed by atoms with E-state index in [0.29, 0.717) is 0 Å². The van der Waals surface area contributed by atoms with Crippen molar-refractivity contribution < 1.29 is 4.74 Å². The molecule has 0 aliphatic carbocycles.